The molecule has 1 amide bonds. The van der Waals surface area contributed by atoms with Crippen molar-refractivity contribution in [3.05, 3.63) is 96.3 Å². The van der Waals surface area contributed by atoms with E-state index in [0.29, 0.717) is 28.4 Å². The lowest BCUT2D eigenvalue weighted by Gasteiger charge is -2.10. The topological polar surface area (TPSA) is 85.1 Å². The Balaban J connectivity index is 1.44. The van der Waals surface area contributed by atoms with Crippen LogP contribution >= 0.6 is 0 Å². The molecule has 1 N–H and O–H groups in total. The third kappa shape index (κ3) is 4.20. The number of carbonyl (C=O) groups excluding carboxylic acids is 1. The van der Waals surface area contributed by atoms with Crippen molar-refractivity contribution in [2.45, 2.75) is 6.18 Å². The highest BCUT2D eigenvalue weighted by Gasteiger charge is 2.30. The lowest BCUT2D eigenvalue weighted by Crippen LogP contribution is -2.14. The number of alkyl halides is 3. The smallest absolute Gasteiger partial charge is 0.322 e. The summed E-state index contributed by atoms with van der Waals surface area (Å²) in [7, 11) is 0. The van der Waals surface area contributed by atoms with Crippen molar-refractivity contribution in [3.63, 3.8) is 0 Å². The number of pyridine rings is 1. The van der Waals surface area contributed by atoms with Crippen molar-refractivity contribution in [1.29, 1.82) is 0 Å². The summed E-state index contributed by atoms with van der Waals surface area (Å²) >= 11 is 0. The van der Waals surface area contributed by atoms with Gasteiger partial charge in [-0.15, -0.1) is 10.2 Å². The molecule has 3 heterocycles. The van der Waals surface area contributed by atoms with Crippen molar-refractivity contribution in [2.24, 2.45) is 0 Å². The largest absolute Gasteiger partial charge is 0.416 e. The van der Waals surface area contributed by atoms with Crippen LogP contribution in [0.2, 0.25) is 0 Å². The van der Waals surface area contributed by atoms with E-state index in [0.717, 1.165) is 17.7 Å². The summed E-state index contributed by atoms with van der Waals surface area (Å²) in [4.78, 5) is 16.6. The Hall–Kier alpha value is -4.60. The van der Waals surface area contributed by atoms with Crippen molar-refractivity contribution in [3.8, 4) is 22.6 Å². The zero-order chi connectivity index (χ0) is 23.7. The summed E-state index contributed by atoms with van der Waals surface area (Å²) in [6, 6.07) is 18.3. The second-order valence-electron chi connectivity index (χ2n) is 7.36. The molecule has 5 aromatic rings. The standard InChI is InChI=1S/C24H15F3N6O/c25-24(26,27)18-5-1-4-17(13-18)23(34)29-19-6-2-3-16(14-19)20-7-8-21-30-31-22(33(21)32-20)15-9-11-28-12-10-15/h1-14H,(H,29,34). The van der Waals surface area contributed by atoms with Crippen LogP contribution in [0.5, 0.6) is 0 Å². The van der Waals surface area contributed by atoms with Gasteiger partial charge in [0.15, 0.2) is 11.5 Å². The average Bonchev–Trinajstić information content (AvgIpc) is 3.28. The highest BCUT2D eigenvalue weighted by molar-refractivity contribution is 6.04. The SMILES string of the molecule is O=C(Nc1cccc(-c2ccc3nnc(-c4ccncc4)n3n2)c1)c1cccc(C(F)(F)F)c1. The molecule has 0 fully saturated rings. The molecule has 0 saturated heterocycles. The first-order valence-corrected chi connectivity index (χ1v) is 10.1. The maximum Gasteiger partial charge on any atom is 0.416 e. The van der Waals surface area contributed by atoms with Gasteiger partial charge in [-0.3, -0.25) is 9.78 Å². The molecule has 3 aromatic heterocycles. The number of fused-ring (bicyclic) bond motifs is 1. The van der Waals surface area contributed by atoms with Gasteiger partial charge in [0.1, 0.15) is 0 Å². The number of nitrogens with zero attached hydrogens (tertiary/aromatic N) is 5. The maximum absolute atomic E-state index is 13.0. The monoisotopic (exact) mass is 460 g/mol. The molecule has 0 atom stereocenters. The van der Waals surface area contributed by atoms with Gasteiger partial charge in [0.25, 0.3) is 5.91 Å². The number of rotatable bonds is 4. The molecular weight excluding hydrogens is 445 g/mol. The first kappa shape index (κ1) is 21.3. The molecule has 0 aliphatic carbocycles. The van der Waals surface area contributed by atoms with Gasteiger partial charge in [0.2, 0.25) is 0 Å². The molecule has 168 valence electrons. The number of benzene rings is 2. The predicted octanol–water partition coefficient (Wildman–Crippen LogP) is 5.12. The maximum atomic E-state index is 13.0. The van der Waals surface area contributed by atoms with E-state index < -0.39 is 17.6 Å². The van der Waals surface area contributed by atoms with Crippen LogP contribution in [0.4, 0.5) is 18.9 Å². The highest BCUT2D eigenvalue weighted by Crippen LogP contribution is 2.30. The summed E-state index contributed by atoms with van der Waals surface area (Å²) < 4.78 is 40.5. The zero-order valence-electron chi connectivity index (χ0n) is 17.4. The molecule has 2 aromatic carbocycles. The average molecular weight is 460 g/mol. The Bertz CT molecular complexity index is 1500. The molecular formula is C24H15F3N6O. The summed E-state index contributed by atoms with van der Waals surface area (Å²) in [5.41, 5.74) is 2.09. The van der Waals surface area contributed by atoms with Gasteiger partial charge in [-0.2, -0.15) is 22.8 Å². The van der Waals surface area contributed by atoms with Gasteiger partial charge in [0.05, 0.1) is 11.3 Å². The third-order valence-corrected chi connectivity index (χ3v) is 5.07. The number of hydrogen-bond acceptors (Lipinski definition) is 5. The minimum atomic E-state index is -4.53. The lowest BCUT2D eigenvalue weighted by atomic mass is 10.1. The molecule has 34 heavy (non-hydrogen) atoms. The first-order chi connectivity index (χ1) is 16.4. The van der Waals surface area contributed by atoms with Crippen LogP contribution in [0.15, 0.2) is 85.2 Å². The lowest BCUT2D eigenvalue weighted by molar-refractivity contribution is -0.137. The minimum absolute atomic E-state index is 0.0914. The summed E-state index contributed by atoms with van der Waals surface area (Å²) in [6.07, 6.45) is -1.23. The van der Waals surface area contributed by atoms with E-state index in [-0.39, 0.29) is 5.56 Å². The van der Waals surface area contributed by atoms with Gasteiger partial charge < -0.3 is 5.32 Å². The number of anilines is 1. The Labute approximate surface area is 190 Å². The molecule has 0 radical (unpaired) electrons. The van der Waals surface area contributed by atoms with E-state index in [1.807, 2.05) is 6.07 Å². The number of nitrogens with one attached hydrogen (secondary N) is 1. The van der Waals surface area contributed by atoms with Crippen LogP contribution in [0.1, 0.15) is 15.9 Å². The van der Waals surface area contributed by atoms with E-state index in [1.165, 1.54) is 12.1 Å². The summed E-state index contributed by atoms with van der Waals surface area (Å²) in [6.45, 7) is 0. The zero-order valence-corrected chi connectivity index (χ0v) is 17.4. The molecule has 7 nitrogen and oxygen atoms in total. The van der Waals surface area contributed by atoms with E-state index in [9.17, 15) is 18.0 Å². The van der Waals surface area contributed by atoms with Crippen LogP contribution < -0.4 is 5.32 Å². The first-order valence-electron chi connectivity index (χ1n) is 10.1. The Morgan fingerprint density at radius 3 is 2.44 bits per heavy atom. The van der Waals surface area contributed by atoms with Gasteiger partial charge in [-0.05, 0) is 54.6 Å². The quantitative estimate of drug-likeness (QED) is 0.402. The fourth-order valence-corrected chi connectivity index (χ4v) is 3.42. The highest BCUT2D eigenvalue weighted by atomic mass is 19.4. The summed E-state index contributed by atoms with van der Waals surface area (Å²) in [5, 5.41) is 15.6. The number of amides is 1. The predicted molar refractivity (Wildman–Crippen MR) is 119 cm³/mol. The van der Waals surface area contributed by atoms with E-state index >= 15 is 0 Å². The van der Waals surface area contributed by atoms with Crippen LogP contribution in [0.3, 0.4) is 0 Å². The van der Waals surface area contributed by atoms with Crippen molar-refractivity contribution >= 4 is 17.2 Å². The Morgan fingerprint density at radius 2 is 1.65 bits per heavy atom. The van der Waals surface area contributed by atoms with Gasteiger partial charge in [0, 0.05) is 34.8 Å². The molecule has 0 spiro atoms. The molecule has 5 rings (SSSR count). The molecule has 0 aliphatic heterocycles. The molecule has 0 aliphatic rings. The van der Waals surface area contributed by atoms with Gasteiger partial charge in [-0.25, -0.2) is 0 Å². The number of halogens is 3. The van der Waals surface area contributed by atoms with Crippen molar-refractivity contribution < 1.29 is 18.0 Å². The molecule has 0 unspecified atom stereocenters. The molecule has 10 heteroatoms. The second kappa shape index (κ2) is 8.39. The van der Waals surface area contributed by atoms with Crippen LogP contribution in [0.25, 0.3) is 28.3 Å². The van der Waals surface area contributed by atoms with Crippen LogP contribution in [0, 0.1) is 0 Å². The third-order valence-electron chi connectivity index (χ3n) is 5.07. The van der Waals surface area contributed by atoms with Gasteiger partial charge in [-0.1, -0.05) is 18.2 Å². The normalized spacial score (nSPS) is 11.5. The molecule has 0 bridgehead atoms. The van der Waals surface area contributed by atoms with Crippen LogP contribution in [-0.2, 0) is 6.18 Å². The number of aromatic nitrogens is 5. The van der Waals surface area contributed by atoms with Crippen molar-refractivity contribution in [2.75, 3.05) is 5.32 Å². The minimum Gasteiger partial charge on any atom is -0.322 e. The molecule has 0 saturated carbocycles. The number of carbonyl (C=O) groups is 1. The van der Waals surface area contributed by atoms with E-state index in [1.54, 1.807) is 59.4 Å². The second-order valence-corrected chi connectivity index (χ2v) is 7.36. The van der Waals surface area contributed by atoms with Gasteiger partial charge >= 0.3 is 6.18 Å². The Kier molecular flexibility index (Phi) is 5.25. The van der Waals surface area contributed by atoms with Crippen molar-refractivity contribution in [1.82, 2.24) is 24.8 Å². The van der Waals surface area contributed by atoms with Crippen LogP contribution in [-0.4, -0.2) is 30.7 Å². The number of hydrogen-bond donors (Lipinski definition) is 1. The fourth-order valence-electron chi connectivity index (χ4n) is 3.42. The fraction of sp³-hybridized carbons (Fsp3) is 0.0417. The Morgan fingerprint density at radius 1 is 0.853 bits per heavy atom. The summed E-state index contributed by atoms with van der Waals surface area (Å²) in [5.74, 6) is -0.0984. The van der Waals surface area contributed by atoms with E-state index in [4.69, 9.17) is 0 Å². The van der Waals surface area contributed by atoms with E-state index in [2.05, 4.69) is 25.6 Å².